The lowest BCUT2D eigenvalue weighted by Crippen LogP contribution is -1.98. The standard InChI is InChI=1S/C7H9BrINO/c1-6(11)7(2-3-8)4-10-5-9/h2,4H,3,5H2,1H3/b7-2+,10-4?. The summed E-state index contributed by atoms with van der Waals surface area (Å²) >= 11 is 5.34. The molecular formula is C7H9BrINO. The molecule has 0 aliphatic carbocycles. The molecule has 0 aromatic carbocycles. The van der Waals surface area contributed by atoms with Crippen molar-refractivity contribution in [1.29, 1.82) is 0 Å². The summed E-state index contributed by atoms with van der Waals surface area (Å²) in [6.45, 7) is 1.54. The van der Waals surface area contributed by atoms with Gasteiger partial charge >= 0.3 is 0 Å². The molecule has 0 spiro atoms. The van der Waals surface area contributed by atoms with Gasteiger partial charge in [0.15, 0.2) is 5.78 Å². The maximum Gasteiger partial charge on any atom is 0.161 e. The van der Waals surface area contributed by atoms with Crippen LogP contribution in [0.25, 0.3) is 0 Å². The van der Waals surface area contributed by atoms with Crippen LogP contribution in [-0.4, -0.2) is 21.9 Å². The van der Waals surface area contributed by atoms with E-state index >= 15 is 0 Å². The minimum atomic E-state index is 0.0538. The number of carbonyl (C=O) groups is 1. The number of Topliss-reactive ketones (excluding diaryl/α,β-unsaturated/α-hetero) is 1. The van der Waals surface area contributed by atoms with E-state index in [0.29, 0.717) is 15.5 Å². The molecule has 0 aliphatic heterocycles. The molecule has 0 radical (unpaired) electrons. The van der Waals surface area contributed by atoms with Crippen molar-refractivity contribution in [3.8, 4) is 0 Å². The average Bonchev–Trinajstić information content (AvgIpc) is 1.97. The maximum atomic E-state index is 10.9. The predicted molar refractivity (Wildman–Crippen MR) is 59.9 cm³/mol. The first-order valence-corrected chi connectivity index (χ1v) is 5.70. The van der Waals surface area contributed by atoms with Crippen LogP contribution in [0, 0.1) is 0 Å². The normalized spacial score (nSPS) is 12.5. The smallest absolute Gasteiger partial charge is 0.161 e. The molecule has 2 nitrogen and oxygen atoms in total. The van der Waals surface area contributed by atoms with Gasteiger partial charge in [0.05, 0.1) is 4.55 Å². The van der Waals surface area contributed by atoms with Crippen molar-refractivity contribution in [3.63, 3.8) is 0 Å². The lowest BCUT2D eigenvalue weighted by Gasteiger charge is -1.91. The number of hydrogen-bond donors (Lipinski definition) is 0. The monoisotopic (exact) mass is 329 g/mol. The molecule has 0 fully saturated rings. The van der Waals surface area contributed by atoms with Gasteiger partial charge in [-0.25, -0.2) is 0 Å². The molecule has 0 aromatic heterocycles. The predicted octanol–water partition coefficient (Wildman–Crippen LogP) is 2.36. The zero-order valence-electron chi connectivity index (χ0n) is 6.18. The molecule has 62 valence electrons. The first-order chi connectivity index (χ1) is 5.22. The van der Waals surface area contributed by atoms with Crippen LogP contribution < -0.4 is 0 Å². The molecule has 0 N–H and O–H groups in total. The average molecular weight is 330 g/mol. The summed E-state index contributed by atoms with van der Waals surface area (Å²) in [6, 6.07) is 0. The molecule has 0 atom stereocenters. The Morgan fingerprint density at radius 3 is 2.73 bits per heavy atom. The molecule has 0 amide bonds. The summed E-state index contributed by atoms with van der Waals surface area (Å²) in [5, 5.41) is 0.690. The highest BCUT2D eigenvalue weighted by Crippen LogP contribution is 1.95. The van der Waals surface area contributed by atoms with Crippen molar-refractivity contribution in [1.82, 2.24) is 0 Å². The van der Waals surface area contributed by atoms with Gasteiger partial charge in [-0.3, -0.25) is 9.79 Å². The van der Waals surface area contributed by atoms with Crippen molar-refractivity contribution in [3.05, 3.63) is 11.6 Å². The number of hydrogen-bond acceptors (Lipinski definition) is 2. The first kappa shape index (κ1) is 11.3. The largest absolute Gasteiger partial charge is 0.294 e. The van der Waals surface area contributed by atoms with Gasteiger partial charge in [-0.15, -0.1) is 0 Å². The summed E-state index contributed by atoms with van der Waals surface area (Å²) in [6.07, 6.45) is 3.41. The Labute approximate surface area is 88.4 Å². The van der Waals surface area contributed by atoms with Crippen LogP contribution in [0.5, 0.6) is 0 Å². The van der Waals surface area contributed by atoms with Gasteiger partial charge in [-0.1, -0.05) is 44.6 Å². The van der Waals surface area contributed by atoms with E-state index in [1.807, 2.05) is 0 Å². The molecule has 0 saturated carbocycles. The summed E-state index contributed by atoms with van der Waals surface area (Å²) in [5.74, 6) is 0.0538. The highest BCUT2D eigenvalue weighted by Gasteiger charge is 1.97. The zero-order chi connectivity index (χ0) is 8.69. The molecule has 0 rings (SSSR count). The first-order valence-electron chi connectivity index (χ1n) is 3.05. The molecule has 0 unspecified atom stereocenters. The van der Waals surface area contributed by atoms with Crippen molar-refractivity contribution < 1.29 is 4.79 Å². The highest BCUT2D eigenvalue weighted by atomic mass is 127. The van der Waals surface area contributed by atoms with Crippen LogP contribution in [0.3, 0.4) is 0 Å². The molecule has 0 bridgehead atoms. The minimum absolute atomic E-state index is 0.0538. The molecule has 0 aliphatic rings. The topological polar surface area (TPSA) is 29.4 Å². The van der Waals surface area contributed by atoms with E-state index in [2.05, 4.69) is 43.5 Å². The van der Waals surface area contributed by atoms with Crippen LogP contribution in [0.15, 0.2) is 16.6 Å². The third-order valence-electron chi connectivity index (χ3n) is 1.00. The lowest BCUT2D eigenvalue weighted by atomic mass is 10.2. The molecule has 11 heavy (non-hydrogen) atoms. The second kappa shape index (κ2) is 6.97. The van der Waals surface area contributed by atoms with Gasteiger partial charge in [0.1, 0.15) is 0 Å². The Morgan fingerprint density at radius 2 is 2.36 bits per heavy atom. The van der Waals surface area contributed by atoms with E-state index in [-0.39, 0.29) is 5.78 Å². The number of aliphatic imine (C=N–C) groups is 1. The number of alkyl halides is 2. The fourth-order valence-electron chi connectivity index (χ4n) is 0.503. The van der Waals surface area contributed by atoms with E-state index in [9.17, 15) is 4.79 Å². The molecule has 0 saturated heterocycles. The molecule has 4 heteroatoms. The van der Waals surface area contributed by atoms with Crippen LogP contribution in [0.2, 0.25) is 0 Å². The number of nitrogens with zero attached hydrogens (tertiary/aromatic N) is 1. The SMILES string of the molecule is CC(=O)/C(C=NCI)=C/CBr. The summed E-state index contributed by atoms with van der Waals surface area (Å²) in [4.78, 5) is 14.8. The Bertz CT molecular complexity index is 189. The van der Waals surface area contributed by atoms with Gasteiger partial charge in [-0.2, -0.15) is 0 Å². The van der Waals surface area contributed by atoms with Gasteiger partial charge in [0.2, 0.25) is 0 Å². The molecule has 0 aromatic rings. The van der Waals surface area contributed by atoms with Crippen LogP contribution in [0.4, 0.5) is 0 Å². The van der Waals surface area contributed by atoms with E-state index in [1.165, 1.54) is 6.92 Å². The van der Waals surface area contributed by atoms with Crippen molar-refractivity contribution in [2.75, 3.05) is 9.88 Å². The Balaban J connectivity index is 4.23. The van der Waals surface area contributed by atoms with Gasteiger partial charge in [0, 0.05) is 17.1 Å². The van der Waals surface area contributed by atoms with Crippen molar-refractivity contribution >= 4 is 50.5 Å². The third kappa shape index (κ3) is 5.55. The third-order valence-corrected chi connectivity index (χ3v) is 1.72. The quantitative estimate of drug-likeness (QED) is 0.256. The number of carbonyl (C=O) groups excluding carboxylic acids is 1. The van der Waals surface area contributed by atoms with Gasteiger partial charge < -0.3 is 0 Å². The van der Waals surface area contributed by atoms with Crippen molar-refractivity contribution in [2.24, 2.45) is 4.99 Å². The fourth-order valence-corrected chi connectivity index (χ4v) is 1.05. The number of allylic oxidation sites excluding steroid dienone is 2. The van der Waals surface area contributed by atoms with E-state index in [0.717, 1.165) is 0 Å². The highest BCUT2D eigenvalue weighted by molar-refractivity contribution is 14.1. The van der Waals surface area contributed by atoms with Gasteiger partial charge in [-0.05, 0) is 6.92 Å². The zero-order valence-corrected chi connectivity index (χ0v) is 9.92. The number of ketones is 1. The van der Waals surface area contributed by atoms with Crippen LogP contribution in [0.1, 0.15) is 6.92 Å². The number of halogens is 2. The Hall–Kier alpha value is 0.290. The Kier molecular flexibility index (Phi) is 7.15. The fraction of sp³-hybridized carbons (Fsp3) is 0.429. The summed E-state index contributed by atoms with van der Waals surface area (Å²) in [7, 11) is 0. The summed E-state index contributed by atoms with van der Waals surface area (Å²) in [5.41, 5.74) is 0.665. The second-order valence-corrected chi connectivity index (χ2v) is 3.13. The van der Waals surface area contributed by atoms with E-state index < -0.39 is 0 Å². The van der Waals surface area contributed by atoms with E-state index in [4.69, 9.17) is 0 Å². The second-order valence-electron chi connectivity index (χ2n) is 1.80. The minimum Gasteiger partial charge on any atom is -0.294 e. The van der Waals surface area contributed by atoms with Crippen LogP contribution in [-0.2, 0) is 4.79 Å². The van der Waals surface area contributed by atoms with E-state index in [1.54, 1.807) is 12.3 Å². The molecule has 0 heterocycles. The van der Waals surface area contributed by atoms with Crippen LogP contribution >= 0.6 is 38.5 Å². The Morgan fingerprint density at radius 1 is 1.73 bits per heavy atom. The molecular weight excluding hydrogens is 321 g/mol. The summed E-state index contributed by atoms with van der Waals surface area (Å²) < 4.78 is 0.685. The maximum absolute atomic E-state index is 10.9. The van der Waals surface area contributed by atoms with Crippen molar-refractivity contribution in [2.45, 2.75) is 6.92 Å². The van der Waals surface area contributed by atoms with Gasteiger partial charge in [0.25, 0.3) is 0 Å². The lowest BCUT2D eigenvalue weighted by molar-refractivity contribution is -0.113. The number of rotatable bonds is 4.